The lowest BCUT2D eigenvalue weighted by atomic mass is 9.82. The van der Waals surface area contributed by atoms with Gasteiger partial charge in [0.1, 0.15) is 11.0 Å². The van der Waals surface area contributed by atoms with Crippen molar-refractivity contribution in [3.8, 4) is 5.75 Å². The third kappa shape index (κ3) is 5.74. The van der Waals surface area contributed by atoms with E-state index in [1.807, 2.05) is 36.4 Å². The van der Waals surface area contributed by atoms with Crippen LogP contribution in [0.4, 0.5) is 24.5 Å². The highest BCUT2D eigenvalue weighted by Crippen LogP contribution is 2.55. The second kappa shape index (κ2) is 12.0. The van der Waals surface area contributed by atoms with Crippen molar-refractivity contribution in [1.82, 2.24) is 4.98 Å². The van der Waals surface area contributed by atoms with E-state index in [9.17, 15) is 32.3 Å². The number of benzene rings is 4. The highest BCUT2D eigenvalue weighted by molar-refractivity contribution is 9.10. The summed E-state index contributed by atoms with van der Waals surface area (Å²) in [5.74, 6) is -4.03. The van der Waals surface area contributed by atoms with E-state index in [-0.39, 0.29) is 5.75 Å². The zero-order chi connectivity index (χ0) is 33.0. The zero-order valence-electron chi connectivity index (χ0n) is 23.8. The number of hydrogen-bond donors (Lipinski definition) is 2. The monoisotopic (exact) mass is 739 g/mol. The Morgan fingerprint density at radius 1 is 0.936 bits per heavy atom. The fraction of sp³-hybridized carbons (Fsp3) is 0.152. The minimum absolute atomic E-state index is 0.207. The van der Waals surface area contributed by atoms with Gasteiger partial charge in [0.2, 0.25) is 11.8 Å². The molecule has 47 heavy (non-hydrogen) atoms. The number of H-pyrrole nitrogens is 1. The Morgan fingerprint density at radius 3 is 2.47 bits per heavy atom. The number of rotatable bonds is 6. The van der Waals surface area contributed by atoms with Crippen molar-refractivity contribution >= 4 is 78.9 Å². The summed E-state index contributed by atoms with van der Waals surface area (Å²) in [6.07, 6.45) is -4.82. The maximum Gasteiger partial charge on any atom is 0.418 e. The summed E-state index contributed by atoms with van der Waals surface area (Å²) in [5.41, 5.74) is -0.723. The molecule has 3 amide bonds. The molecule has 0 saturated carbocycles. The molecule has 8 nitrogen and oxygen atoms in total. The molecule has 0 aliphatic carbocycles. The van der Waals surface area contributed by atoms with Gasteiger partial charge in [0.05, 0.1) is 22.2 Å². The van der Waals surface area contributed by atoms with E-state index in [0.717, 1.165) is 46.0 Å². The Kier molecular flexibility index (Phi) is 7.97. The molecule has 2 aliphatic rings. The number of nitrogens with one attached hydrogen (secondary N) is 2. The quantitative estimate of drug-likeness (QED) is 0.179. The molecule has 2 aliphatic heterocycles. The summed E-state index contributed by atoms with van der Waals surface area (Å²) in [7, 11) is 0. The Balaban J connectivity index is 1.23. The second-order valence-corrected chi connectivity index (χ2v) is 13.9. The van der Waals surface area contributed by atoms with Gasteiger partial charge in [-0.1, -0.05) is 81.5 Å². The van der Waals surface area contributed by atoms with Crippen molar-refractivity contribution in [2.75, 3.05) is 16.8 Å². The standard InChI is InChI=1S/C33H21BrF3N3O5S2/c34-18-10-12-23(45-15-24(41)38-19-11-9-16-5-1-2-6-17(16)13-19)20(14-18)25-26-28(46-29-27(25)47-32(44)39-29)31(43)40(30(26)42)22-8-4-3-7-21(22)33(35,36)37/h1-14,25-26,28H,15H2,(H,38,41)(H,39,44)/t25-,26-,28+/m0/s1. The zero-order valence-corrected chi connectivity index (χ0v) is 27.1. The first-order chi connectivity index (χ1) is 22.5. The number of imide groups is 1. The summed E-state index contributed by atoms with van der Waals surface area (Å²) < 4.78 is 48.5. The number of ether oxygens (including phenoxy) is 1. The van der Waals surface area contributed by atoms with Crippen LogP contribution in [0, 0.1) is 5.92 Å². The van der Waals surface area contributed by atoms with Crippen molar-refractivity contribution in [2.45, 2.75) is 22.4 Å². The molecule has 3 heterocycles. The minimum atomic E-state index is -4.82. The fourth-order valence-electron chi connectivity index (χ4n) is 6.00. The Morgan fingerprint density at radius 2 is 1.68 bits per heavy atom. The van der Waals surface area contributed by atoms with Crippen LogP contribution in [0.25, 0.3) is 10.8 Å². The highest BCUT2D eigenvalue weighted by Gasteiger charge is 2.57. The van der Waals surface area contributed by atoms with Crippen molar-refractivity contribution in [1.29, 1.82) is 0 Å². The number of halogens is 4. The number of fused-ring (bicyclic) bond motifs is 3. The van der Waals surface area contributed by atoms with Crippen LogP contribution in [0.15, 0.2) is 99.2 Å². The van der Waals surface area contributed by atoms with E-state index in [4.69, 9.17) is 4.74 Å². The largest absolute Gasteiger partial charge is 0.483 e. The van der Waals surface area contributed by atoms with Gasteiger partial charge in [0.25, 0.3) is 5.91 Å². The van der Waals surface area contributed by atoms with Crippen molar-refractivity contribution in [3.63, 3.8) is 0 Å². The van der Waals surface area contributed by atoms with Gasteiger partial charge in [0.15, 0.2) is 6.61 Å². The number of carbonyl (C=O) groups excluding carboxylic acids is 3. The number of anilines is 2. The maximum absolute atomic E-state index is 14.1. The first-order valence-corrected chi connectivity index (χ1v) is 16.6. The molecule has 5 aromatic rings. The van der Waals surface area contributed by atoms with Crippen molar-refractivity contribution in [2.24, 2.45) is 5.92 Å². The number of para-hydroxylation sites is 1. The van der Waals surface area contributed by atoms with Crippen molar-refractivity contribution < 1.29 is 32.3 Å². The molecule has 0 radical (unpaired) electrons. The lowest BCUT2D eigenvalue weighted by Gasteiger charge is -2.31. The van der Waals surface area contributed by atoms with Crippen LogP contribution < -0.4 is 19.8 Å². The van der Waals surface area contributed by atoms with Gasteiger partial charge in [-0.05, 0) is 53.2 Å². The number of alkyl halides is 3. The van der Waals surface area contributed by atoms with Crippen LogP contribution in [0.2, 0.25) is 0 Å². The number of nitrogens with zero attached hydrogens (tertiary/aromatic N) is 1. The van der Waals surface area contributed by atoms with Gasteiger partial charge in [-0.3, -0.25) is 19.2 Å². The topological polar surface area (TPSA) is 109 Å². The minimum Gasteiger partial charge on any atom is -0.483 e. The lowest BCUT2D eigenvalue weighted by Crippen LogP contribution is -2.33. The molecule has 1 fully saturated rings. The molecule has 4 aromatic carbocycles. The molecule has 14 heteroatoms. The van der Waals surface area contributed by atoms with E-state index in [0.29, 0.717) is 30.5 Å². The van der Waals surface area contributed by atoms with Gasteiger partial charge < -0.3 is 15.0 Å². The smallest absolute Gasteiger partial charge is 0.418 e. The van der Waals surface area contributed by atoms with Gasteiger partial charge in [0, 0.05) is 26.5 Å². The van der Waals surface area contributed by atoms with Crippen LogP contribution in [-0.2, 0) is 20.6 Å². The Hall–Kier alpha value is -4.40. The first-order valence-electron chi connectivity index (χ1n) is 14.1. The maximum atomic E-state index is 14.1. The van der Waals surface area contributed by atoms with Gasteiger partial charge >= 0.3 is 11.0 Å². The van der Waals surface area contributed by atoms with Crippen molar-refractivity contribution in [3.05, 3.63) is 115 Å². The number of thioether (sulfide) groups is 1. The average molecular weight is 741 g/mol. The number of aromatic amines is 1. The third-order valence-electron chi connectivity index (χ3n) is 7.97. The molecular weight excluding hydrogens is 719 g/mol. The highest BCUT2D eigenvalue weighted by atomic mass is 79.9. The molecular formula is C33H21BrF3N3O5S2. The van der Waals surface area contributed by atoms with Crippen LogP contribution in [0.5, 0.6) is 5.75 Å². The van der Waals surface area contributed by atoms with Crippen LogP contribution in [-0.4, -0.2) is 34.6 Å². The predicted octanol–water partition coefficient (Wildman–Crippen LogP) is 7.18. The lowest BCUT2D eigenvalue weighted by molar-refractivity contribution is -0.137. The number of amides is 3. The molecule has 1 aromatic heterocycles. The molecule has 238 valence electrons. The van der Waals surface area contributed by atoms with E-state index in [2.05, 4.69) is 26.2 Å². The number of carbonyl (C=O) groups is 3. The van der Waals surface area contributed by atoms with Crippen LogP contribution in [0.3, 0.4) is 0 Å². The summed E-state index contributed by atoms with van der Waals surface area (Å²) in [4.78, 5) is 56.7. The summed E-state index contributed by atoms with van der Waals surface area (Å²) in [5, 5.41) is 3.97. The van der Waals surface area contributed by atoms with Gasteiger partial charge in [-0.2, -0.15) is 13.2 Å². The first kappa shape index (κ1) is 31.2. The number of thiazole rings is 1. The molecule has 7 rings (SSSR count). The SMILES string of the molecule is O=C(COc1ccc(Br)cc1[C@@H]1c2sc(=O)[nH]c2S[C@H]2C(=O)N(c3ccccc3C(F)(F)F)C(=O)[C@@H]12)Nc1ccc2ccccc2c1. The number of aromatic nitrogens is 1. The average Bonchev–Trinajstić information content (AvgIpc) is 3.53. The molecule has 1 saturated heterocycles. The van der Waals surface area contributed by atoms with E-state index >= 15 is 0 Å². The summed E-state index contributed by atoms with van der Waals surface area (Å²) in [6.45, 7) is -0.411. The Bertz CT molecular complexity index is 2150. The van der Waals surface area contributed by atoms with Crippen LogP contribution >= 0.6 is 39.0 Å². The predicted molar refractivity (Wildman–Crippen MR) is 176 cm³/mol. The summed E-state index contributed by atoms with van der Waals surface area (Å²) >= 11 is 5.23. The molecule has 0 bridgehead atoms. The Labute approximate surface area is 281 Å². The second-order valence-electron chi connectivity index (χ2n) is 10.9. The molecule has 2 N–H and O–H groups in total. The van der Waals surface area contributed by atoms with Gasteiger partial charge in [-0.25, -0.2) is 4.90 Å². The molecule has 0 unspecified atom stereocenters. The van der Waals surface area contributed by atoms with E-state index < -0.39 is 63.7 Å². The van der Waals surface area contributed by atoms with Crippen LogP contribution in [0.1, 0.15) is 21.9 Å². The summed E-state index contributed by atoms with van der Waals surface area (Å²) in [6, 6.07) is 22.5. The van der Waals surface area contributed by atoms with Gasteiger partial charge in [-0.15, -0.1) is 0 Å². The fourth-order valence-corrected chi connectivity index (χ4v) is 8.88. The number of hydrogen-bond acceptors (Lipinski definition) is 7. The normalized spacial score (nSPS) is 19.1. The van der Waals surface area contributed by atoms with E-state index in [1.165, 1.54) is 12.1 Å². The van der Waals surface area contributed by atoms with E-state index in [1.54, 1.807) is 24.3 Å². The third-order valence-corrected chi connectivity index (χ3v) is 10.9. The molecule has 3 atom stereocenters. The molecule has 0 spiro atoms.